The Morgan fingerprint density at radius 2 is 1.95 bits per heavy atom. The maximum atomic E-state index is 5.85. The zero-order valence-corrected chi connectivity index (χ0v) is 13.6. The molecule has 2 rings (SSSR count). The average molecular weight is 294 g/mol. The van der Waals surface area contributed by atoms with Gasteiger partial charge < -0.3 is 14.2 Å². The Hall–Kier alpha value is -0.723. The smallest absolute Gasteiger partial charge is 0.372 e. The van der Waals surface area contributed by atoms with Gasteiger partial charge in [0.15, 0.2) is 0 Å². The highest BCUT2D eigenvalue weighted by Gasteiger charge is 2.37. The summed E-state index contributed by atoms with van der Waals surface area (Å²) in [5.41, 5.74) is 0. The lowest BCUT2D eigenvalue weighted by Gasteiger charge is -2.30. The molecule has 1 N–H and O–H groups in total. The SMILES string of the molecule is CO[Si](CCCN1CCCNC1)(OC)c1ccccc1. The van der Waals surface area contributed by atoms with E-state index in [0.29, 0.717) is 0 Å². The van der Waals surface area contributed by atoms with Gasteiger partial charge in [-0.3, -0.25) is 4.90 Å². The molecule has 0 amide bonds. The molecule has 1 heterocycles. The van der Waals surface area contributed by atoms with Crippen molar-refractivity contribution in [3.63, 3.8) is 0 Å². The molecule has 5 heteroatoms. The summed E-state index contributed by atoms with van der Waals surface area (Å²) in [4.78, 5) is 2.47. The van der Waals surface area contributed by atoms with E-state index in [4.69, 9.17) is 8.85 Å². The first-order chi connectivity index (χ1) is 9.80. The van der Waals surface area contributed by atoms with E-state index in [-0.39, 0.29) is 0 Å². The van der Waals surface area contributed by atoms with Crippen LogP contribution in [0, 0.1) is 0 Å². The van der Waals surface area contributed by atoms with Crippen molar-refractivity contribution in [1.29, 1.82) is 0 Å². The van der Waals surface area contributed by atoms with E-state index in [2.05, 4.69) is 34.5 Å². The standard InChI is InChI=1S/C15H26N2O2Si/c1-18-20(19-2,15-8-4-3-5-9-15)13-7-12-17-11-6-10-16-14-17/h3-5,8-9,16H,6-7,10-14H2,1-2H3. The van der Waals surface area contributed by atoms with Crippen molar-refractivity contribution in [2.75, 3.05) is 40.5 Å². The van der Waals surface area contributed by atoms with E-state index < -0.39 is 8.56 Å². The van der Waals surface area contributed by atoms with E-state index in [9.17, 15) is 0 Å². The van der Waals surface area contributed by atoms with Crippen molar-refractivity contribution < 1.29 is 8.85 Å². The van der Waals surface area contributed by atoms with Crippen LogP contribution < -0.4 is 10.5 Å². The van der Waals surface area contributed by atoms with Crippen LogP contribution in [0.15, 0.2) is 30.3 Å². The molecule has 20 heavy (non-hydrogen) atoms. The second-order valence-electron chi connectivity index (χ2n) is 5.26. The normalized spacial score (nSPS) is 17.3. The zero-order chi connectivity index (χ0) is 14.3. The van der Waals surface area contributed by atoms with Crippen molar-refractivity contribution in [1.82, 2.24) is 10.2 Å². The highest BCUT2D eigenvalue weighted by atomic mass is 28.4. The molecule has 1 fully saturated rings. The molecule has 0 unspecified atom stereocenters. The van der Waals surface area contributed by atoms with Gasteiger partial charge in [-0.05, 0) is 37.2 Å². The molecule has 1 saturated heterocycles. The molecule has 1 aliphatic rings. The van der Waals surface area contributed by atoms with Gasteiger partial charge in [-0.15, -0.1) is 0 Å². The van der Waals surface area contributed by atoms with Crippen molar-refractivity contribution in [2.24, 2.45) is 0 Å². The quantitative estimate of drug-likeness (QED) is 0.768. The average Bonchev–Trinajstić information content (AvgIpc) is 2.54. The fourth-order valence-corrected chi connectivity index (χ4v) is 5.49. The number of benzene rings is 1. The van der Waals surface area contributed by atoms with Gasteiger partial charge in [0.1, 0.15) is 0 Å². The molecule has 0 radical (unpaired) electrons. The molecule has 0 atom stereocenters. The van der Waals surface area contributed by atoms with Gasteiger partial charge in [-0.2, -0.15) is 0 Å². The van der Waals surface area contributed by atoms with E-state index in [1.54, 1.807) is 14.2 Å². The van der Waals surface area contributed by atoms with Crippen LogP contribution in [0.25, 0.3) is 0 Å². The molecule has 4 nitrogen and oxygen atoms in total. The molecular weight excluding hydrogens is 268 g/mol. The van der Waals surface area contributed by atoms with Crippen LogP contribution in [-0.4, -0.2) is 54.0 Å². The lowest BCUT2D eigenvalue weighted by Crippen LogP contribution is -2.52. The first-order valence-corrected chi connectivity index (χ1v) is 9.42. The Morgan fingerprint density at radius 3 is 2.55 bits per heavy atom. The Morgan fingerprint density at radius 1 is 1.20 bits per heavy atom. The summed E-state index contributed by atoms with van der Waals surface area (Å²) in [5.74, 6) is 0. The Bertz CT molecular complexity index is 379. The Kier molecular flexibility index (Phi) is 6.19. The first-order valence-electron chi connectivity index (χ1n) is 7.39. The van der Waals surface area contributed by atoms with E-state index in [1.165, 1.54) is 18.2 Å². The second kappa shape index (κ2) is 7.90. The number of nitrogens with zero attached hydrogens (tertiary/aromatic N) is 1. The number of hydrogen-bond donors (Lipinski definition) is 1. The molecule has 0 aliphatic carbocycles. The van der Waals surface area contributed by atoms with Gasteiger partial charge in [0, 0.05) is 27.4 Å². The highest BCUT2D eigenvalue weighted by molar-refractivity contribution is 6.81. The number of hydrogen-bond acceptors (Lipinski definition) is 4. The molecule has 1 aromatic rings. The number of rotatable bonds is 7. The van der Waals surface area contributed by atoms with Crippen LogP contribution in [0.3, 0.4) is 0 Å². The summed E-state index contributed by atoms with van der Waals surface area (Å²) in [6, 6.07) is 11.4. The van der Waals surface area contributed by atoms with E-state index >= 15 is 0 Å². The summed E-state index contributed by atoms with van der Waals surface area (Å²) < 4.78 is 11.7. The van der Waals surface area contributed by atoms with Crippen molar-refractivity contribution >= 4 is 13.7 Å². The van der Waals surface area contributed by atoms with Gasteiger partial charge in [0.2, 0.25) is 0 Å². The van der Waals surface area contributed by atoms with Crippen LogP contribution >= 0.6 is 0 Å². The topological polar surface area (TPSA) is 33.7 Å². The summed E-state index contributed by atoms with van der Waals surface area (Å²) >= 11 is 0. The minimum atomic E-state index is -2.25. The second-order valence-corrected chi connectivity index (χ2v) is 8.66. The monoisotopic (exact) mass is 294 g/mol. The third kappa shape index (κ3) is 3.90. The maximum Gasteiger partial charge on any atom is 0.372 e. The fourth-order valence-electron chi connectivity index (χ4n) is 2.83. The fraction of sp³-hybridized carbons (Fsp3) is 0.600. The van der Waals surface area contributed by atoms with Gasteiger partial charge in [-0.25, -0.2) is 0 Å². The van der Waals surface area contributed by atoms with Crippen molar-refractivity contribution in [3.05, 3.63) is 30.3 Å². The molecule has 0 spiro atoms. The van der Waals surface area contributed by atoms with E-state index in [0.717, 1.165) is 32.2 Å². The summed E-state index contributed by atoms with van der Waals surface area (Å²) in [6.45, 7) is 4.48. The number of nitrogens with one attached hydrogen (secondary N) is 1. The summed E-state index contributed by atoms with van der Waals surface area (Å²) in [7, 11) is 1.31. The largest absolute Gasteiger partial charge is 0.394 e. The minimum Gasteiger partial charge on any atom is -0.394 e. The molecule has 1 aromatic carbocycles. The van der Waals surface area contributed by atoms with Crippen LogP contribution in [-0.2, 0) is 8.85 Å². The highest BCUT2D eigenvalue weighted by Crippen LogP contribution is 2.15. The van der Waals surface area contributed by atoms with Crippen LogP contribution in [0.5, 0.6) is 0 Å². The van der Waals surface area contributed by atoms with Crippen LogP contribution in [0.4, 0.5) is 0 Å². The van der Waals surface area contributed by atoms with Gasteiger partial charge in [0.05, 0.1) is 0 Å². The first kappa shape index (κ1) is 15.7. The third-order valence-electron chi connectivity index (χ3n) is 4.02. The Balaban J connectivity index is 1.91. The lowest BCUT2D eigenvalue weighted by atomic mass is 10.3. The van der Waals surface area contributed by atoms with Crippen LogP contribution in [0.1, 0.15) is 12.8 Å². The third-order valence-corrected chi connectivity index (χ3v) is 7.56. The molecule has 1 aliphatic heterocycles. The zero-order valence-electron chi connectivity index (χ0n) is 12.6. The molecular formula is C15H26N2O2Si. The summed E-state index contributed by atoms with van der Waals surface area (Å²) in [6.07, 6.45) is 2.36. The minimum absolute atomic E-state index is 1.00. The van der Waals surface area contributed by atoms with Crippen molar-refractivity contribution in [2.45, 2.75) is 18.9 Å². The van der Waals surface area contributed by atoms with Gasteiger partial charge in [0.25, 0.3) is 0 Å². The van der Waals surface area contributed by atoms with Crippen LogP contribution in [0.2, 0.25) is 6.04 Å². The molecule has 112 valence electrons. The predicted octanol–water partition coefficient (Wildman–Crippen LogP) is 1.27. The van der Waals surface area contributed by atoms with E-state index in [1.807, 2.05) is 6.07 Å². The Labute approximate surface area is 123 Å². The maximum absolute atomic E-state index is 5.85. The van der Waals surface area contributed by atoms with Gasteiger partial charge in [-0.1, -0.05) is 30.3 Å². The van der Waals surface area contributed by atoms with Crippen molar-refractivity contribution in [3.8, 4) is 0 Å². The summed E-state index contributed by atoms with van der Waals surface area (Å²) in [5, 5.41) is 4.64. The lowest BCUT2D eigenvalue weighted by molar-refractivity contribution is 0.209. The molecule has 0 bridgehead atoms. The molecule has 0 saturated carbocycles. The predicted molar refractivity (Wildman–Crippen MR) is 84.3 cm³/mol. The molecule has 0 aromatic heterocycles. The van der Waals surface area contributed by atoms with Gasteiger partial charge >= 0.3 is 8.56 Å².